The van der Waals surface area contributed by atoms with Gasteiger partial charge in [0.15, 0.2) is 0 Å². The van der Waals surface area contributed by atoms with Crippen LogP contribution in [0, 0.1) is 0 Å². The van der Waals surface area contributed by atoms with E-state index in [1.807, 2.05) is 0 Å². The molecule has 3 nitrogen and oxygen atoms in total. The molecule has 0 aromatic heterocycles. The highest BCUT2D eigenvalue weighted by Gasteiger charge is 2.59. The highest BCUT2D eigenvalue weighted by atomic mass is 15.3. The molecule has 1 saturated carbocycles. The lowest BCUT2D eigenvalue weighted by molar-refractivity contribution is 0.195. The second kappa shape index (κ2) is 12.9. The van der Waals surface area contributed by atoms with E-state index in [4.69, 9.17) is 0 Å². The molecule has 15 rings (SSSR count). The molecular weight excluding hydrogens is 834 g/mol. The summed E-state index contributed by atoms with van der Waals surface area (Å²) in [6.45, 7) is 19.8. The van der Waals surface area contributed by atoms with Crippen LogP contribution in [0.2, 0.25) is 0 Å². The van der Waals surface area contributed by atoms with Gasteiger partial charge in [0.05, 0.1) is 5.54 Å². The number of benzene rings is 8. The van der Waals surface area contributed by atoms with E-state index in [9.17, 15) is 0 Å². The van der Waals surface area contributed by atoms with Crippen molar-refractivity contribution in [2.24, 2.45) is 0 Å². The summed E-state index contributed by atoms with van der Waals surface area (Å²) >= 11 is 0. The molecule has 336 valence electrons. The summed E-state index contributed by atoms with van der Waals surface area (Å²) < 4.78 is 0. The van der Waals surface area contributed by atoms with Gasteiger partial charge in [-0.2, -0.15) is 0 Å². The fourth-order valence-corrected chi connectivity index (χ4v) is 15.8. The van der Waals surface area contributed by atoms with E-state index in [1.54, 1.807) is 0 Å². The summed E-state index contributed by atoms with van der Waals surface area (Å²) in [5.41, 5.74) is 29.4. The third kappa shape index (κ3) is 4.68. The van der Waals surface area contributed by atoms with Crippen molar-refractivity contribution in [3.8, 4) is 22.3 Å². The van der Waals surface area contributed by atoms with Crippen molar-refractivity contribution < 1.29 is 0 Å². The number of fused-ring (bicyclic) bond motifs is 9. The first kappa shape index (κ1) is 40.1. The fraction of sp³-hybridized carbons (Fsp3) is 0.262. The Hall–Kier alpha value is -6.78. The summed E-state index contributed by atoms with van der Waals surface area (Å²) in [7, 11) is 0. The van der Waals surface area contributed by atoms with Crippen LogP contribution in [0.1, 0.15) is 120 Å². The maximum atomic E-state index is 2.81. The molecule has 0 bridgehead atoms. The molecule has 0 N–H and O–H groups in total. The van der Waals surface area contributed by atoms with Gasteiger partial charge < -0.3 is 14.7 Å². The van der Waals surface area contributed by atoms with E-state index in [-0.39, 0.29) is 33.9 Å². The first-order chi connectivity index (χ1) is 33.2. The largest absolute Gasteiger partial charge is 0.334 e. The van der Waals surface area contributed by atoms with Crippen molar-refractivity contribution in [2.45, 2.75) is 108 Å². The smallest absolute Gasteiger partial charge is 0.252 e. The van der Waals surface area contributed by atoms with E-state index >= 15 is 0 Å². The Balaban J connectivity index is 1.06. The second-order valence-corrected chi connectivity index (χ2v) is 23.6. The Bertz CT molecular complexity index is 3440. The fourth-order valence-electron chi connectivity index (χ4n) is 15.8. The average Bonchev–Trinajstić information content (AvgIpc) is 3.83. The normalized spacial score (nSPS) is 22.3. The van der Waals surface area contributed by atoms with Gasteiger partial charge in [-0.1, -0.05) is 164 Å². The molecule has 2 unspecified atom stereocenters. The molecule has 1 fully saturated rings. The lowest BCUT2D eigenvalue weighted by atomic mass is 9.28. The molecule has 69 heavy (non-hydrogen) atoms. The summed E-state index contributed by atoms with van der Waals surface area (Å²) in [4.78, 5) is 8.19. The lowest BCUT2D eigenvalue weighted by Gasteiger charge is -2.52. The third-order valence-corrected chi connectivity index (χ3v) is 19.4. The van der Waals surface area contributed by atoms with Crippen LogP contribution in [0.4, 0.5) is 45.5 Å². The van der Waals surface area contributed by atoms with Crippen molar-refractivity contribution in [1.82, 2.24) is 0 Å². The number of para-hydroxylation sites is 1. The molecule has 0 radical (unpaired) electrons. The van der Waals surface area contributed by atoms with Gasteiger partial charge in [0.1, 0.15) is 0 Å². The maximum absolute atomic E-state index is 2.81. The SMILES string of the molecule is CC1(C)c2ccccc2-c2ccc(N3c4cc(N5c6ccccc6C6(C)CCCCC56C)cc5c4B4c6c3cccc6C(C)(C)c3cccc(c34)N5c3ccc4c(c3)C(C)(C)c3ccccc3-4)cc21. The van der Waals surface area contributed by atoms with Crippen molar-refractivity contribution in [3.63, 3.8) is 0 Å². The zero-order valence-corrected chi connectivity index (χ0v) is 41.3. The van der Waals surface area contributed by atoms with E-state index in [0.717, 1.165) is 6.42 Å². The van der Waals surface area contributed by atoms with Gasteiger partial charge in [-0.05, 0) is 152 Å². The van der Waals surface area contributed by atoms with E-state index in [1.165, 1.54) is 142 Å². The van der Waals surface area contributed by atoms with Crippen LogP contribution < -0.4 is 31.1 Å². The van der Waals surface area contributed by atoms with Crippen molar-refractivity contribution in [3.05, 3.63) is 197 Å². The van der Waals surface area contributed by atoms with Gasteiger partial charge >= 0.3 is 0 Å². The first-order valence-electron chi connectivity index (χ1n) is 25.7. The Morgan fingerprint density at radius 2 is 0.783 bits per heavy atom. The van der Waals surface area contributed by atoms with Gasteiger partial charge in [0.25, 0.3) is 6.71 Å². The van der Waals surface area contributed by atoms with Crippen LogP contribution in [0.25, 0.3) is 22.3 Å². The van der Waals surface area contributed by atoms with Crippen LogP contribution in [-0.4, -0.2) is 12.3 Å². The second-order valence-electron chi connectivity index (χ2n) is 23.6. The number of nitrogens with zero attached hydrogens (tertiary/aromatic N) is 3. The minimum Gasteiger partial charge on any atom is -0.334 e. The molecule has 0 spiro atoms. The average molecular weight is 892 g/mol. The Labute approximate surface area is 408 Å². The van der Waals surface area contributed by atoms with Gasteiger partial charge in [-0.3, -0.25) is 0 Å². The van der Waals surface area contributed by atoms with Crippen LogP contribution in [0.3, 0.4) is 0 Å². The number of rotatable bonds is 3. The molecule has 8 aromatic carbocycles. The van der Waals surface area contributed by atoms with Gasteiger partial charge in [-0.25, -0.2) is 0 Å². The summed E-state index contributed by atoms with van der Waals surface area (Å²) in [5.74, 6) is 0. The van der Waals surface area contributed by atoms with Crippen LogP contribution in [0.5, 0.6) is 0 Å². The standard InChI is InChI=1S/C65H58BN3/c1-61(2)46-21-11-9-19-42(46)44-31-29-39(35-51(44)61)67-54-27-17-24-49-58(54)66-59-50(63(49,5)6)25-18-28-55(59)68(40-30-32-45-43-20-10-12-22-47(43)62(3,4)52(45)36-40)57-38-41(37-56(67)60(57)66)69-53-26-14-13-23-48(53)64(7)33-15-16-34-65(64,69)8/h9-14,17-32,35-38H,15-16,33-34H2,1-8H3. The van der Waals surface area contributed by atoms with E-state index < -0.39 is 0 Å². The zero-order chi connectivity index (χ0) is 46.7. The molecule has 2 atom stereocenters. The molecule has 0 amide bonds. The highest BCUT2D eigenvalue weighted by Crippen LogP contribution is 2.62. The maximum Gasteiger partial charge on any atom is 0.252 e. The molecule has 4 heteroatoms. The van der Waals surface area contributed by atoms with Gasteiger partial charge in [0.2, 0.25) is 0 Å². The zero-order valence-electron chi connectivity index (χ0n) is 41.3. The van der Waals surface area contributed by atoms with Crippen LogP contribution in [0.15, 0.2) is 158 Å². The summed E-state index contributed by atoms with van der Waals surface area (Å²) in [6.07, 6.45) is 4.84. The monoisotopic (exact) mass is 891 g/mol. The topological polar surface area (TPSA) is 9.72 Å². The van der Waals surface area contributed by atoms with Crippen molar-refractivity contribution in [2.75, 3.05) is 14.7 Å². The van der Waals surface area contributed by atoms with Crippen LogP contribution >= 0.6 is 0 Å². The minimum atomic E-state index is -0.220. The Kier molecular flexibility index (Phi) is 7.50. The van der Waals surface area contributed by atoms with Crippen molar-refractivity contribution in [1.29, 1.82) is 0 Å². The molecule has 4 heterocycles. The van der Waals surface area contributed by atoms with Crippen LogP contribution in [-0.2, 0) is 21.7 Å². The Morgan fingerprint density at radius 3 is 1.33 bits per heavy atom. The third-order valence-electron chi connectivity index (χ3n) is 19.4. The predicted molar refractivity (Wildman–Crippen MR) is 291 cm³/mol. The van der Waals surface area contributed by atoms with Gasteiger partial charge in [-0.15, -0.1) is 0 Å². The molecular formula is C65H58BN3. The van der Waals surface area contributed by atoms with E-state index in [0.29, 0.717) is 0 Å². The predicted octanol–water partition coefficient (Wildman–Crippen LogP) is 14.8. The molecule has 0 saturated heterocycles. The number of hydrogen-bond acceptors (Lipinski definition) is 3. The quantitative estimate of drug-likeness (QED) is 0.164. The van der Waals surface area contributed by atoms with Crippen molar-refractivity contribution >= 4 is 68.6 Å². The van der Waals surface area contributed by atoms with E-state index in [2.05, 4.69) is 228 Å². The summed E-state index contributed by atoms with van der Waals surface area (Å²) in [5, 5.41) is 0. The first-order valence-corrected chi connectivity index (χ1v) is 25.7. The number of anilines is 8. The Morgan fingerprint density at radius 1 is 0.348 bits per heavy atom. The molecule has 8 aromatic rings. The molecule has 4 aliphatic heterocycles. The minimum absolute atomic E-state index is 0.0213. The number of hydrogen-bond donors (Lipinski definition) is 0. The van der Waals surface area contributed by atoms with Gasteiger partial charge in [0, 0.05) is 67.2 Å². The lowest BCUT2D eigenvalue weighted by Crippen LogP contribution is -2.67. The highest BCUT2D eigenvalue weighted by molar-refractivity contribution is 7.01. The summed E-state index contributed by atoms with van der Waals surface area (Å²) in [6, 6.07) is 62.0. The molecule has 3 aliphatic carbocycles. The molecule has 7 aliphatic rings.